The fourth-order valence-electron chi connectivity index (χ4n) is 0.797. The number of pyridine rings is 1. The second kappa shape index (κ2) is 7.74. The van der Waals surface area contributed by atoms with Crippen LogP contribution in [0.3, 0.4) is 0 Å². The quantitative estimate of drug-likeness (QED) is 0.789. The third kappa shape index (κ3) is 6.80. The van der Waals surface area contributed by atoms with Crippen molar-refractivity contribution in [1.82, 2.24) is 4.98 Å². The van der Waals surface area contributed by atoms with Crippen molar-refractivity contribution in [3.63, 3.8) is 0 Å². The van der Waals surface area contributed by atoms with E-state index in [1.165, 1.54) is 6.92 Å². The van der Waals surface area contributed by atoms with Crippen LogP contribution in [0.1, 0.15) is 18.9 Å². The fourth-order valence-corrected chi connectivity index (χ4v) is 0.797. The Morgan fingerprint density at radius 2 is 2.36 bits per heavy atom. The van der Waals surface area contributed by atoms with Gasteiger partial charge in [-0.3, -0.25) is 9.78 Å². The molecule has 0 unspecified atom stereocenters. The van der Waals surface area contributed by atoms with Gasteiger partial charge in [-0.2, -0.15) is 5.26 Å². The molecule has 0 aliphatic heterocycles. The van der Waals surface area contributed by atoms with E-state index in [1.54, 1.807) is 24.5 Å². The van der Waals surface area contributed by atoms with E-state index in [1.807, 2.05) is 6.07 Å². The number of aryl methyl sites for hydroxylation is 1. The number of aromatic nitrogens is 1. The summed E-state index contributed by atoms with van der Waals surface area (Å²) in [5, 5.41) is 15.7. The number of hydrogen-bond donors (Lipinski definition) is 1. The van der Waals surface area contributed by atoms with Gasteiger partial charge in [0.2, 0.25) is 0 Å². The van der Waals surface area contributed by atoms with Gasteiger partial charge in [0, 0.05) is 25.7 Å². The van der Waals surface area contributed by atoms with Crippen molar-refractivity contribution in [2.45, 2.75) is 19.8 Å². The highest BCUT2D eigenvalue weighted by atomic mass is 16.4. The van der Waals surface area contributed by atoms with Crippen molar-refractivity contribution in [2.75, 3.05) is 0 Å². The third-order valence-corrected chi connectivity index (χ3v) is 1.35. The van der Waals surface area contributed by atoms with Gasteiger partial charge in [-0.25, -0.2) is 0 Å². The molecule has 1 aromatic rings. The Hall–Kier alpha value is -1.89. The Bertz CT molecular complexity index is 304. The summed E-state index contributed by atoms with van der Waals surface area (Å²) in [6, 6.07) is 5.42. The molecule has 0 bridgehead atoms. The first-order chi connectivity index (χ1) is 6.70. The van der Waals surface area contributed by atoms with Crippen LogP contribution in [0.4, 0.5) is 0 Å². The lowest BCUT2D eigenvalue weighted by molar-refractivity contribution is -0.136. The molecule has 0 spiro atoms. The summed E-state index contributed by atoms with van der Waals surface area (Å²) in [5.74, 6) is -0.770. The summed E-state index contributed by atoms with van der Waals surface area (Å²) >= 11 is 0. The lowest BCUT2D eigenvalue weighted by atomic mass is 10.2. The van der Waals surface area contributed by atoms with E-state index in [2.05, 4.69) is 4.98 Å². The molecule has 4 heteroatoms. The summed E-state index contributed by atoms with van der Waals surface area (Å²) in [7, 11) is 0. The van der Waals surface area contributed by atoms with Crippen molar-refractivity contribution in [3.8, 4) is 6.07 Å². The van der Waals surface area contributed by atoms with Crippen LogP contribution >= 0.6 is 0 Å². The number of carboxylic acid groups (broad SMARTS) is 1. The zero-order chi connectivity index (χ0) is 10.8. The van der Waals surface area contributed by atoms with Crippen LogP contribution in [0.5, 0.6) is 0 Å². The molecule has 0 aliphatic carbocycles. The maximum atomic E-state index is 10.2. The summed E-state index contributed by atoms with van der Waals surface area (Å²) in [5.41, 5.74) is 0.968. The number of hydrogen-bond acceptors (Lipinski definition) is 3. The first-order valence-corrected chi connectivity index (χ1v) is 4.12. The van der Waals surface area contributed by atoms with Crippen molar-refractivity contribution in [3.05, 3.63) is 30.1 Å². The highest BCUT2D eigenvalue weighted by Crippen LogP contribution is 1.99. The fraction of sp³-hybridized carbons (Fsp3) is 0.300. The average molecular weight is 192 g/mol. The van der Waals surface area contributed by atoms with Gasteiger partial charge in [0.05, 0.1) is 6.07 Å². The van der Waals surface area contributed by atoms with Gasteiger partial charge in [-0.05, 0) is 18.1 Å². The molecule has 1 aromatic heterocycles. The second-order valence-corrected chi connectivity index (χ2v) is 2.48. The van der Waals surface area contributed by atoms with E-state index in [4.69, 9.17) is 10.4 Å². The first kappa shape index (κ1) is 12.1. The smallest absolute Gasteiger partial charge is 0.303 e. The monoisotopic (exact) mass is 192 g/mol. The van der Waals surface area contributed by atoms with Gasteiger partial charge in [0.25, 0.3) is 0 Å². The minimum atomic E-state index is -0.770. The highest BCUT2D eigenvalue weighted by molar-refractivity contribution is 5.67. The molecular weight excluding hydrogens is 180 g/mol. The number of aliphatic carboxylic acids is 1. The SMILES string of the molecule is CC#N.O=C(O)CCc1cccnc1. The standard InChI is InChI=1S/C8H9NO2.C2H3N/c10-8(11)4-3-7-2-1-5-9-6-7;1-2-3/h1-2,5-6H,3-4H2,(H,10,11);1H3. The molecule has 4 nitrogen and oxygen atoms in total. The number of nitrogens with zero attached hydrogens (tertiary/aromatic N) is 2. The van der Waals surface area contributed by atoms with Gasteiger partial charge in [0.1, 0.15) is 0 Å². The molecule has 0 saturated carbocycles. The predicted octanol–water partition coefficient (Wildman–Crippen LogP) is 1.63. The number of carboxylic acids is 1. The van der Waals surface area contributed by atoms with Gasteiger partial charge in [0.15, 0.2) is 0 Å². The minimum absolute atomic E-state index is 0.172. The predicted molar refractivity (Wildman–Crippen MR) is 51.5 cm³/mol. The van der Waals surface area contributed by atoms with E-state index in [0.29, 0.717) is 6.42 Å². The Morgan fingerprint density at radius 1 is 1.71 bits per heavy atom. The van der Waals surface area contributed by atoms with Crippen LogP contribution in [0.15, 0.2) is 24.5 Å². The van der Waals surface area contributed by atoms with Crippen LogP contribution in [0, 0.1) is 11.3 Å². The van der Waals surface area contributed by atoms with Crippen LogP contribution in [0.2, 0.25) is 0 Å². The molecule has 1 N–H and O–H groups in total. The Kier molecular flexibility index (Phi) is 6.70. The lowest BCUT2D eigenvalue weighted by Crippen LogP contribution is -1.97. The Morgan fingerprint density at radius 3 is 2.79 bits per heavy atom. The lowest BCUT2D eigenvalue weighted by Gasteiger charge is -1.94. The van der Waals surface area contributed by atoms with E-state index in [-0.39, 0.29) is 6.42 Å². The zero-order valence-corrected chi connectivity index (χ0v) is 7.97. The molecule has 0 fully saturated rings. The van der Waals surface area contributed by atoms with E-state index in [9.17, 15) is 4.79 Å². The van der Waals surface area contributed by atoms with E-state index in [0.717, 1.165) is 5.56 Å². The third-order valence-electron chi connectivity index (χ3n) is 1.35. The van der Waals surface area contributed by atoms with Crippen molar-refractivity contribution in [1.29, 1.82) is 5.26 Å². The normalized spacial score (nSPS) is 8.00. The van der Waals surface area contributed by atoms with Gasteiger partial charge in [-0.15, -0.1) is 0 Å². The van der Waals surface area contributed by atoms with Gasteiger partial charge < -0.3 is 5.11 Å². The maximum Gasteiger partial charge on any atom is 0.303 e. The van der Waals surface area contributed by atoms with Crippen LogP contribution < -0.4 is 0 Å². The maximum absolute atomic E-state index is 10.2. The molecule has 0 radical (unpaired) electrons. The minimum Gasteiger partial charge on any atom is -0.481 e. The highest BCUT2D eigenvalue weighted by Gasteiger charge is 1.97. The topological polar surface area (TPSA) is 74.0 Å². The van der Waals surface area contributed by atoms with Crippen molar-refractivity contribution < 1.29 is 9.90 Å². The van der Waals surface area contributed by atoms with Crippen LogP contribution in [-0.4, -0.2) is 16.1 Å². The van der Waals surface area contributed by atoms with Crippen LogP contribution in [-0.2, 0) is 11.2 Å². The average Bonchev–Trinajstić information content (AvgIpc) is 2.18. The second-order valence-electron chi connectivity index (χ2n) is 2.48. The molecule has 14 heavy (non-hydrogen) atoms. The summed E-state index contributed by atoms with van der Waals surface area (Å²) in [4.78, 5) is 14.0. The number of nitriles is 1. The Balaban J connectivity index is 0.000000500. The molecule has 1 rings (SSSR count). The Labute approximate surface area is 82.8 Å². The summed E-state index contributed by atoms with van der Waals surface area (Å²) < 4.78 is 0. The molecule has 0 aliphatic rings. The number of carbonyl (C=O) groups is 1. The van der Waals surface area contributed by atoms with Crippen molar-refractivity contribution in [2.24, 2.45) is 0 Å². The largest absolute Gasteiger partial charge is 0.481 e. The number of rotatable bonds is 3. The van der Waals surface area contributed by atoms with E-state index >= 15 is 0 Å². The molecule has 0 atom stereocenters. The molecular formula is C10H12N2O2. The first-order valence-electron chi connectivity index (χ1n) is 4.12. The van der Waals surface area contributed by atoms with E-state index < -0.39 is 5.97 Å². The van der Waals surface area contributed by atoms with Crippen LogP contribution in [0.25, 0.3) is 0 Å². The zero-order valence-electron chi connectivity index (χ0n) is 7.97. The van der Waals surface area contributed by atoms with Gasteiger partial charge >= 0.3 is 5.97 Å². The summed E-state index contributed by atoms with van der Waals surface area (Å²) in [6.45, 7) is 1.43. The molecule has 74 valence electrons. The molecule has 0 aromatic carbocycles. The molecule has 0 saturated heterocycles. The molecule has 1 heterocycles. The van der Waals surface area contributed by atoms with Crippen molar-refractivity contribution >= 4 is 5.97 Å². The van der Waals surface area contributed by atoms with Gasteiger partial charge in [-0.1, -0.05) is 6.07 Å². The molecule has 0 amide bonds. The summed E-state index contributed by atoms with van der Waals surface area (Å²) in [6.07, 6.45) is 4.09.